The summed E-state index contributed by atoms with van der Waals surface area (Å²) in [4.78, 5) is 26.1. The molecule has 1 aromatic heterocycles. The highest BCUT2D eigenvalue weighted by Gasteiger charge is 2.26. The minimum Gasteiger partial charge on any atom is -0.480 e. The van der Waals surface area contributed by atoms with Crippen molar-refractivity contribution in [2.75, 3.05) is 41.3 Å². The van der Waals surface area contributed by atoms with E-state index in [1.54, 1.807) is 12.4 Å². The fourth-order valence-electron chi connectivity index (χ4n) is 4.08. The maximum absolute atomic E-state index is 12.6. The number of piperazine rings is 1. The molecular formula is C24H25N5O2. The van der Waals surface area contributed by atoms with Crippen LogP contribution in [-0.4, -0.2) is 48.2 Å². The fraction of sp³-hybridized carbons (Fsp3) is 0.292. The van der Waals surface area contributed by atoms with Crippen molar-refractivity contribution in [2.24, 2.45) is 0 Å². The van der Waals surface area contributed by atoms with E-state index < -0.39 is 6.10 Å². The second kappa shape index (κ2) is 8.63. The first-order valence-electron chi connectivity index (χ1n) is 10.7. The third-order valence-electron chi connectivity index (χ3n) is 5.80. The van der Waals surface area contributed by atoms with Crippen molar-refractivity contribution in [3.05, 3.63) is 72.6 Å². The normalized spacial score (nSPS) is 18.1. The monoisotopic (exact) mass is 415 g/mol. The average molecular weight is 415 g/mol. The molecular weight excluding hydrogens is 390 g/mol. The predicted molar refractivity (Wildman–Crippen MR) is 121 cm³/mol. The topological polar surface area (TPSA) is 70.6 Å². The van der Waals surface area contributed by atoms with Crippen LogP contribution in [0.1, 0.15) is 12.0 Å². The van der Waals surface area contributed by atoms with E-state index in [-0.39, 0.29) is 5.91 Å². The van der Waals surface area contributed by atoms with Crippen LogP contribution in [0.2, 0.25) is 0 Å². The van der Waals surface area contributed by atoms with Crippen LogP contribution in [0.4, 0.5) is 17.3 Å². The smallest absolute Gasteiger partial charge is 0.265 e. The van der Waals surface area contributed by atoms with Gasteiger partial charge < -0.3 is 19.9 Å². The Hall–Kier alpha value is -3.61. The molecule has 0 aliphatic carbocycles. The summed E-state index contributed by atoms with van der Waals surface area (Å²) in [6.45, 7) is 3.56. The number of benzene rings is 2. The molecule has 1 fully saturated rings. The zero-order chi connectivity index (χ0) is 21.0. The number of aromatic nitrogens is 2. The maximum Gasteiger partial charge on any atom is 0.265 e. The van der Waals surface area contributed by atoms with Crippen LogP contribution in [0.15, 0.2) is 67.0 Å². The highest BCUT2D eigenvalue weighted by molar-refractivity contribution is 5.94. The third-order valence-corrected chi connectivity index (χ3v) is 5.80. The highest BCUT2D eigenvalue weighted by atomic mass is 16.5. The number of anilines is 3. The molecule has 31 heavy (non-hydrogen) atoms. The molecule has 1 N–H and O–H groups in total. The number of para-hydroxylation sites is 2. The molecule has 1 atom stereocenters. The van der Waals surface area contributed by atoms with E-state index >= 15 is 0 Å². The summed E-state index contributed by atoms with van der Waals surface area (Å²) in [5.74, 6) is 1.31. The molecule has 0 saturated carbocycles. The van der Waals surface area contributed by atoms with E-state index in [1.165, 1.54) is 5.69 Å². The number of fused-ring (bicyclic) bond motifs is 1. The van der Waals surface area contributed by atoms with Gasteiger partial charge >= 0.3 is 0 Å². The number of carbonyl (C=O) groups is 1. The van der Waals surface area contributed by atoms with Gasteiger partial charge in [0.2, 0.25) is 5.95 Å². The van der Waals surface area contributed by atoms with Gasteiger partial charge in [-0.1, -0.05) is 36.4 Å². The lowest BCUT2D eigenvalue weighted by Crippen LogP contribution is -2.47. The van der Waals surface area contributed by atoms with Crippen LogP contribution >= 0.6 is 0 Å². The Labute approximate surface area is 181 Å². The molecule has 0 bridgehead atoms. The van der Waals surface area contributed by atoms with E-state index in [1.807, 2.05) is 30.3 Å². The van der Waals surface area contributed by atoms with Crippen molar-refractivity contribution < 1.29 is 9.53 Å². The molecule has 5 rings (SSSR count). The molecule has 2 aromatic carbocycles. The van der Waals surface area contributed by atoms with Crippen LogP contribution in [0, 0.1) is 0 Å². The molecule has 158 valence electrons. The Kier molecular flexibility index (Phi) is 5.39. The van der Waals surface area contributed by atoms with Crippen LogP contribution in [-0.2, 0) is 11.2 Å². The van der Waals surface area contributed by atoms with E-state index in [2.05, 4.69) is 49.4 Å². The minimum atomic E-state index is -0.499. The second-order valence-corrected chi connectivity index (χ2v) is 7.82. The Morgan fingerprint density at radius 1 is 0.903 bits per heavy atom. The number of carbonyl (C=O) groups excluding carboxylic acids is 1. The summed E-state index contributed by atoms with van der Waals surface area (Å²) in [5.41, 5.74) is 2.97. The van der Waals surface area contributed by atoms with Gasteiger partial charge in [-0.05, 0) is 36.6 Å². The quantitative estimate of drug-likeness (QED) is 0.706. The molecule has 2 aliphatic rings. The van der Waals surface area contributed by atoms with Crippen molar-refractivity contribution >= 4 is 23.2 Å². The molecule has 0 spiro atoms. The SMILES string of the molecule is O=C(Nc1cnc(N2CCN(c3ccccc3)CC2)nc1)C1CCc2ccccc2O1. The standard InChI is InChI=1S/C24H25N5O2/c30-23(22-11-10-18-6-4-5-9-21(18)31-22)27-19-16-25-24(26-17-19)29-14-12-28(13-15-29)20-7-2-1-3-8-20/h1-9,16-17,22H,10-15H2,(H,27,30). The average Bonchev–Trinajstić information content (AvgIpc) is 2.85. The lowest BCUT2D eigenvalue weighted by atomic mass is 10.0. The number of ether oxygens (including phenoxy) is 1. The van der Waals surface area contributed by atoms with Gasteiger partial charge in [-0.25, -0.2) is 9.97 Å². The van der Waals surface area contributed by atoms with Gasteiger partial charge in [0.1, 0.15) is 5.75 Å². The Balaban J connectivity index is 1.16. The minimum absolute atomic E-state index is 0.165. The number of rotatable bonds is 4. The summed E-state index contributed by atoms with van der Waals surface area (Å²) in [6, 6.07) is 18.3. The summed E-state index contributed by atoms with van der Waals surface area (Å²) >= 11 is 0. The van der Waals surface area contributed by atoms with Crippen LogP contribution in [0.3, 0.4) is 0 Å². The maximum atomic E-state index is 12.6. The molecule has 7 nitrogen and oxygen atoms in total. The second-order valence-electron chi connectivity index (χ2n) is 7.82. The van der Waals surface area contributed by atoms with Crippen molar-refractivity contribution in [1.29, 1.82) is 0 Å². The van der Waals surface area contributed by atoms with Gasteiger partial charge in [-0.2, -0.15) is 0 Å². The van der Waals surface area contributed by atoms with Gasteiger partial charge in [0.05, 0.1) is 18.1 Å². The first kappa shape index (κ1) is 19.4. The molecule has 1 amide bonds. The summed E-state index contributed by atoms with van der Waals surface area (Å²) in [6.07, 6.45) is 4.33. The molecule has 1 unspecified atom stereocenters. The molecule has 0 radical (unpaired) electrons. The molecule has 1 saturated heterocycles. The zero-order valence-electron chi connectivity index (χ0n) is 17.3. The van der Waals surface area contributed by atoms with Gasteiger partial charge in [-0.3, -0.25) is 4.79 Å². The van der Waals surface area contributed by atoms with Crippen LogP contribution in [0.25, 0.3) is 0 Å². The first-order chi connectivity index (χ1) is 15.3. The van der Waals surface area contributed by atoms with Gasteiger partial charge in [0, 0.05) is 31.9 Å². The third kappa shape index (κ3) is 4.30. The van der Waals surface area contributed by atoms with E-state index in [4.69, 9.17) is 4.74 Å². The Bertz CT molecular complexity index is 1030. The van der Waals surface area contributed by atoms with Crippen LogP contribution < -0.4 is 19.9 Å². The lowest BCUT2D eigenvalue weighted by Gasteiger charge is -2.36. The van der Waals surface area contributed by atoms with E-state index in [0.29, 0.717) is 18.1 Å². The van der Waals surface area contributed by atoms with Crippen molar-refractivity contribution in [3.63, 3.8) is 0 Å². The van der Waals surface area contributed by atoms with Crippen LogP contribution in [0.5, 0.6) is 5.75 Å². The fourth-order valence-corrected chi connectivity index (χ4v) is 4.08. The molecule has 2 aliphatic heterocycles. The van der Waals surface area contributed by atoms with E-state index in [0.717, 1.165) is 43.9 Å². The Morgan fingerprint density at radius 3 is 2.35 bits per heavy atom. The summed E-state index contributed by atoms with van der Waals surface area (Å²) in [7, 11) is 0. The lowest BCUT2D eigenvalue weighted by molar-refractivity contribution is -0.123. The number of amides is 1. The number of nitrogens with zero attached hydrogens (tertiary/aromatic N) is 4. The summed E-state index contributed by atoms with van der Waals surface area (Å²) < 4.78 is 5.87. The largest absolute Gasteiger partial charge is 0.480 e. The molecule has 3 heterocycles. The predicted octanol–water partition coefficient (Wildman–Crippen LogP) is 3.14. The highest BCUT2D eigenvalue weighted by Crippen LogP contribution is 2.27. The molecule has 7 heteroatoms. The van der Waals surface area contributed by atoms with Crippen molar-refractivity contribution in [2.45, 2.75) is 18.9 Å². The number of hydrogen-bond acceptors (Lipinski definition) is 6. The Morgan fingerprint density at radius 2 is 1.58 bits per heavy atom. The number of hydrogen-bond donors (Lipinski definition) is 1. The van der Waals surface area contributed by atoms with E-state index in [9.17, 15) is 4.79 Å². The summed E-state index contributed by atoms with van der Waals surface area (Å²) in [5, 5.41) is 2.89. The van der Waals surface area contributed by atoms with Crippen molar-refractivity contribution in [1.82, 2.24) is 9.97 Å². The van der Waals surface area contributed by atoms with Gasteiger partial charge in [0.25, 0.3) is 5.91 Å². The van der Waals surface area contributed by atoms with Gasteiger partial charge in [-0.15, -0.1) is 0 Å². The number of nitrogens with one attached hydrogen (secondary N) is 1. The molecule has 3 aromatic rings. The first-order valence-corrected chi connectivity index (χ1v) is 10.7. The van der Waals surface area contributed by atoms with Crippen molar-refractivity contribution in [3.8, 4) is 5.75 Å². The van der Waals surface area contributed by atoms with Gasteiger partial charge in [0.15, 0.2) is 6.10 Å². The number of aryl methyl sites for hydroxylation is 1. The zero-order valence-corrected chi connectivity index (χ0v) is 17.3.